The summed E-state index contributed by atoms with van der Waals surface area (Å²) in [6.07, 6.45) is 0.243. The number of ether oxygens (including phenoxy) is 1. The number of benzene rings is 1. The standard InChI is InChI=1S/C17H20N6O3/c18-15-6-5-13(16(19)20-15)22-21-12-3-1-2-4-14(12)26-17(25)23-9-7-11(24)8-10-23/h1-6,11,24H,7-10H2,(H4,18,19,20)/b22-21+. The first-order valence-corrected chi connectivity index (χ1v) is 8.20. The Morgan fingerprint density at radius 1 is 1.12 bits per heavy atom. The van der Waals surface area contributed by atoms with Crippen LogP contribution in [0.15, 0.2) is 46.6 Å². The topological polar surface area (TPSA) is 139 Å². The minimum absolute atomic E-state index is 0.162. The first-order valence-electron chi connectivity index (χ1n) is 8.20. The number of piperidine rings is 1. The summed E-state index contributed by atoms with van der Waals surface area (Å²) in [5, 5.41) is 17.7. The van der Waals surface area contributed by atoms with Gasteiger partial charge in [0.2, 0.25) is 0 Å². The Labute approximate surface area is 150 Å². The average Bonchev–Trinajstić information content (AvgIpc) is 2.62. The fraction of sp³-hybridized carbons (Fsp3) is 0.294. The number of rotatable bonds is 3. The van der Waals surface area contributed by atoms with Crippen LogP contribution in [0.1, 0.15) is 12.8 Å². The number of anilines is 2. The summed E-state index contributed by atoms with van der Waals surface area (Å²) in [5.41, 5.74) is 12.1. The van der Waals surface area contributed by atoms with Crippen molar-refractivity contribution in [3.05, 3.63) is 36.4 Å². The van der Waals surface area contributed by atoms with Crippen molar-refractivity contribution in [2.24, 2.45) is 10.2 Å². The monoisotopic (exact) mass is 356 g/mol. The number of aliphatic hydroxyl groups is 1. The molecule has 136 valence electrons. The lowest BCUT2D eigenvalue weighted by atomic mass is 10.1. The second kappa shape index (κ2) is 7.79. The summed E-state index contributed by atoms with van der Waals surface area (Å²) in [6.45, 7) is 0.911. The highest BCUT2D eigenvalue weighted by Crippen LogP contribution is 2.30. The number of nitrogens with zero attached hydrogens (tertiary/aromatic N) is 4. The van der Waals surface area contributed by atoms with Crippen LogP contribution in [-0.2, 0) is 0 Å². The molecule has 5 N–H and O–H groups in total. The molecule has 2 aromatic rings. The van der Waals surface area contributed by atoms with E-state index in [0.717, 1.165) is 0 Å². The van der Waals surface area contributed by atoms with Gasteiger partial charge in [-0.2, -0.15) is 0 Å². The van der Waals surface area contributed by atoms with Crippen LogP contribution in [0.4, 0.5) is 27.8 Å². The Morgan fingerprint density at radius 3 is 2.54 bits per heavy atom. The number of aromatic nitrogens is 1. The third kappa shape index (κ3) is 4.25. The fourth-order valence-electron chi connectivity index (χ4n) is 2.51. The van der Waals surface area contributed by atoms with Crippen LogP contribution >= 0.6 is 0 Å². The van der Waals surface area contributed by atoms with Gasteiger partial charge in [-0.1, -0.05) is 12.1 Å². The molecule has 3 rings (SSSR count). The lowest BCUT2D eigenvalue weighted by Gasteiger charge is -2.28. The molecular formula is C17H20N6O3. The minimum Gasteiger partial charge on any atom is -0.408 e. The maximum Gasteiger partial charge on any atom is 0.415 e. The molecule has 1 saturated heterocycles. The zero-order valence-electron chi connectivity index (χ0n) is 14.1. The average molecular weight is 356 g/mol. The third-order valence-electron chi connectivity index (χ3n) is 3.97. The number of azo groups is 1. The highest BCUT2D eigenvalue weighted by Gasteiger charge is 2.23. The largest absolute Gasteiger partial charge is 0.415 e. The maximum atomic E-state index is 12.3. The quantitative estimate of drug-likeness (QED) is 0.722. The smallest absolute Gasteiger partial charge is 0.408 e. The van der Waals surface area contributed by atoms with Gasteiger partial charge < -0.3 is 26.2 Å². The van der Waals surface area contributed by atoms with Gasteiger partial charge in [0.1, 0.15) is 17.2 Å². The predicted octanol–water partition coefficient (Wildman–Crippen LogP) is 2.62. The predicted molar refractivity (Wildman–Crippen MR) is 96.5 cm³/mol. The highest BCUT2D eigenvalue weighted by atomic mass is 16.6. The zero-order valence-corrected chi connectivity index (χ0v) is 14.1. The Balaban J connectivity index is 1.73. The lowest BCUT2D eigenvalue weighted by molar-refractivity contribution is 0.0798. The molecule has 0 atom stereocenters. The Bertz CT molecular complexity index is 818. The number of carbonyl (C=O) groups excluding carboxylic acids is 1. The van der Waals surface area contributed by atoms with Crippen molar-refractivity contribution in [3.8, 4) is 5.75 Å². The number of likely N-dealkylation sites (tertiary alicyclic amines) is 1. The van der Waals surface area contributed by atoms with Crippen LogP contribution in [0.5, 0.6) is 5.75 Å². The van der Waals surface area contributed by atoms with Crippen LogP contribution in [-0.4, -0.2) is 40.3 Å². The number of hydrogen-bond donors (Lipinski definition) is 3. The molecule has 2 heterocycles. The van der Waals surface area contributed by atoms with E-state index in [1.165, 1.54) is 0 Å². The van der Waals surface area contributed by atoms with Gasteiger partial charge in [-0.3, -0.25) is 0 Å². The Morgan fingerprint density at radius 2 is 1.81 bits per heavy atom. The number of amides is 1. The van der Waals surface area contributed by atoms with Gasteiger partial charge in [0.15, 0.2) is 11.6 Å². The van der Waals surface area contributed by atoms with Crippen molar-refractivity contribution in [3.63, 3.8) is 0 Å². The van der Waals surface area contributed by atoms with Gasteiger partial charge in [0.25, 0.3) is 0 Å². The molecule has 1 fully saturated rings. The zero-order chi connectivity index (χ0) is 18.5. The Hall–Kier alpha value is -3.20. The van der Waals surface area contributed by atoms with Crippen molar-refractivity contribution in [2.45, 2.75) is 18.9 Å². The lowest BCUT2D eigenvalue weighted by Crippen LogP contribution is -2.41. The van der Waals surface area contributed by atoms with Crippen LogP contribution in [0.25, 0.3) is 0 Å². The fourth-order valence-corrected chi connectivity index (χ4v) is 2.51. The molecule has 0 radical (unpaired) electrons. The summed E-state index contributed by atoms with van der Waals surface area (Å²) < 4.78 is 5.44. The minimum atomic E-state index is -0.479. The third-order valence-corrected chi connectivity index (χ3v) is 3.97. The van der Waals surface area contributed by atoms with E-state index in [0.29, 0.717) is 43.1 Å². The molecule has 1 amide bonds. The van der Waals surface area contributed by atoms with Crippen molar-refractivity contribution < 1.29 is 14.6 Å². The van der Waals surface area contributed by atoms with Gasteiger partial charge in [-0.25, -0.2) is 9.78 Å². The van der Waals surface area contributed by atoms with E-state index < -0.39 is 6.09 Å². The molecule has 26 heavy (non-hydrogen) atoms. The number of para-hydroxylation sites is 1. The number of hydrogen-bond acceptors (Lipinski definition) is 8. The highest BCUT2D eigenvalue weighted by molar-refractivity contribution is 5.73. The van der Waals surface area contributed by atoms with Gasteiger partial charge >= 0.3 is 6.09 Å². The van der Waals surface area contributed by atoms with E-state index in [1.54, 1.807) is 41.3 Å². The van der Waals surface area contributed by atoms with E-state index >= 15 is 0 Å². The van der Waals surface area contributed by atoms with Crippen molar-refractivity contribution in [2.75, 3.05) is 24.6 Å². The molecule has 1 aromatic heterocycles. The van der Waals surface area contributed by atoms with E-state index in [2.05, 4.69) is 15.2 Å². The van der Waals surface area contributed by atoms with Crippen molar-refractivity contribution >= 4 is 29.1 Å². The Kier molecular flexibility index (Phi) is 5.28. The van der Waals surface area contributed by atoms with Gasteiger partial charge in [-0.05, 0) is 37.1 Å². The SMILES string of the molecule is Nc1ccc(/N=N/c2ccccc2OC(=O)N2CCC(O)CC2)c(N)n1. The van der Waals surface area contributed by atoms with E-state index in [9.17, 15) is 9.90 Å². The summed E-state index contributed by atoms with van der Waals surface area (Å²) >= 11 is 0. The summed E-state index contributed by atoms with van der Waals surface area (Å²) in [4.78, 5) is 17.8. The summed E-state index contributed by atoms with van der Waals surface area (Å²) in [7, 11) is 0. The second-order valence-corrected chi connectivity index (χ2v) is 5.89. The molecule has 0 spiro atoms. The molecule has 0 unspecified atom stereocenters. The first-order chi connectivity index (χ1) is 12.5. The number of carbonyl (C=O) groups is 1. The first kappa shape index (κ1) is 17.6. The second-order valence-electron chi connectivity index (χ2n) is 5.89. The molecular weight excluding hydrogens is 336 g/mol. The van der Waals surface area contributed by atoms with Gasteiger partial charge in [0, 0.05) is 13.1 Å². The summed E-state index contributed by atoms with van der Waals surface area (Å²) in [6, 6.07) is 9.98. The molecule has 1 aromatic carbocycles. The molecule has 1 aliphatic heterocycles. The van der Waals surface area contributed by atoms with Crippen molar-refractivity contribution in [1.82, 2.24) is 9.88 Å². The van der Waals surface area contributed by atoms with Crippen LogP contribution in [0.2, 0.25) is 0 Å². The van der Waals surface area contributed by atoms with E-state index in [-0.39, 0.29) is 17.7 Å². The van der Waals surface area contributed by atoms with E-state index in [1.807, 2.05) is 0 Å². The van der Waals surface area contributed by atoms with Crippen molar-refractivity contribution in [1.29, 1.82) is 0 Å². The molecule has 0 aliphatic carbocycles. The van der Waals surface area contributed by atoms with Crippen LogP contribution < -0.4 is 16.2 Å². The van der Waals surface area contributed by atoms with Gasteiger partial charge in [-0.15, -0.1) is 10.2 Å². The molecule has 0 bridgehead atoms. The molecule has 9 nitrogen and oxygen atoms in total. The number of nitrogen functional groups attached to an aromatic ring is 2. The molecule has 1 aliphatic rings. The molecule has 9 heteroatoms. The van der Waals surface area contributed by atoms with Crippen LogP contribution in [0.3, 0.4) is 0 Å². The summed E-state index contributed by atoms with van der Waals surface area (Å²) in [5.74, 6) is 0.742. The van der Waals surface area contributed by atoms with Gasteiger partial charge in [0.05, 0.1) is 6.10 Å². The maximum absolute atomic E-state index is 12.3. The normalized spacial score (nSPS) is 15.3. The number of aliphatic hydroxyl groups excluding tert-OH is 1. The number of pyridine rings is 1. The number of nitrogens with two attached hydrogens (primary N) is 2. The van der Waals surface area contributed by atoms with Crippen LogP contribution in [0, 0.1) is 0 Å². The molecule has 0 saturated carbocycles. The van der Waals surface area contributed by atoms with E-state index in [4.69, 9.17) is 16.2 Å².